The van der Waals surface area contributed by atoms with Crippen molar-refractivity contribution in [1.29, 1.82) is 0 Å². The van der Waals surface area contributed by atoms with Crippen LogP contribution < -0.4 is 10.6 Å². The van der Waals surface area contributed by atoms with Crippen molar-refractivity contribution in [3.05, 3.63) is 0 Å². The largest absolute Gasteiger partial charge is 0.480 e. The first kappa shape index (κ1) is 14.8. The molecule has 0 aliphatic carbocycles. The topological polar surface area (TPSA) is 87.7 Å². The van der Waals surface area contributed by atoms with Crippen LogP contribution in [0.1, 0.15) is 39.0 Å². The predicted octanol–water partition coefficient (Wildman–Crippen LogP) is 1.11. The normalized spacial score (nSPS) is 21.1. The molecule has 2 unspecified atom stereocenters. The molecule has 0 aromatic heterocycles. The summed E-state index contributed by atoms with van der Waals surface area (Å²) in [6.45, 7) is 3.02. The molecule has 1 heterocycles. The number of hydrogen-bond donors (Lipinski definition) is 3. The van der Waals surface area contributed by atoms with Crippen LogP contribution in [0.25, 0.3) is 0 Å². The molecule has 1 rings (SSSR count). The molecule has 0 bridgehead atoms. The van der Waals surface area contributed by atoms with Gasteiger partial charge in [0.05, 0.1) is 6.10 Å². The van der Waals surface area contributed by atoms with Crippen LogP contribution in [-0.4, -0.2) is 42.4 Å². The molecule has 2 atom stereocenters. The van der Waals surface area contributed by atoms with Gasteiger partial charge in [0.15, 0.2) is 0 Å². The number of amides is 2. The first-order valence-electron chi connectivity index (χ1n) is 6.52. The van der Waals surface area contributed by atoms with Gasteiger partial charge < -0.3 is 20.5 Å². The minimum absolute atomic E-state index is 0.223. The Balaban J connectivity index is 2.14. The maximum absolute atomic E-state index is 11.4. The Bertz CT molecular complexity index is 277. The number of carbonyl (C=O) groups is 2. The van der Waals surface area contributed by atoms with Crippen molar-refractivity contribution in [2.45, 2.75) is 51.2 Å². The Labute approximate surface area is 107 Å². The van der Waals surface area contributed by atoms with Crippen molar-refractivity contribution in [3.8, 4) is 0 Å². The summed E-state index contributed by atoms with van der Waals surface area (Å²) < 4.78 is 5.53. The number of carboxylic acid groups (broad SMARTS) is 1. The first-order chi connectivity index (χ1) is 8.63. The van der Waals surface area contributed by atoms with Crippen molar-refractivity contribution in [1.82, 2.24) is 10.6 Å². The van der Waals surface area contributed by atoms with Crippen molar-refractivity contribution in [2.24, 2.45) is 0 Å². The van der Waals surface area contributed by atoms with Crippen molar-refractivity contribution in [3.63, 3.8) is 0 Å². The summed E-state index contributed by atoms with van der Waals surface area (Å²) >= 11 is 0. The second-order valence-electron chi connectivity index (χ2n) is 4.48. The van der Waals surface area contributed by atoms with Gasteiger partial charge in [0, 0.05) is 13.2 Å². The van der Waals surface area contributed by atoms with Gasteiger partial charge in [0.1, 0.15) is 6.04 Å². The molecule has 2 amide bonds. The maximum atomic E-state index is 11.4. The SMILES string of the molecule is CCC(NC(=O)NCCC1CCCCO1)C(=O)O. The van der Waals surface area contributed by atoms with Crippen LogP contribution in [-0.2, 0) is 9.53 Å². The Morgan fingerprint density at radius 2 is 2.22 bits per heavy atom. The van der Waals surface area contributed by atoms with E-state index in [1.54, 1.807) is 6.92 Å². The molecule has 6 heteroatoms. The van der Waals surface area contributed by atoms with Crippen LogP contribution in [0.4, 0.5) is 4.79 Å². The lowest BCUT2D eigenvalue weighted by molar-refractivity contribution is -0.139. The van der Waals surface area contributed by atoms with E-state index in [1.165, 1.54) is 6.42 Å². The molecular weight excluding hydrogens is 236 g/mol. The highest BCUT2D eigenvalue weighted by Crippen LogP contribution is 2.14. The van der Waals surface area contributed by atoms with Crippen molar-refractivity contribution in [2.75, 3.05) is 13.2 Å². The van der Waals surface area contributed by atoms with E-state index in [4.69, 9.17) is 9.84 Å². The molecule has 1 aliphatic rings. The van der Waals surface area contributed by atoms with Crippen molar-refractivity contribution >= 4 is 12.0 Å². The summed E-state index contributed by atoms with van der Waals surface area (Å²) in [5.41, 5.74) is 0. The zero-order chi connectivity index (χ0) is 13.4. The Morgan fingerprint density at radius 3 is 2.78 bits per heavy atom. The molecule has 104 valence electrons. The lowest BCUT2D eigenvalue weighted by Crippen LogP contribution is -2.46. The summed E-state index contributed by atoms with van der Waals surface area (Å²) in [6.07, 6.45) is 4.69. The quantitative estimate of drug-likeness (QED) is 0.666. The van der Waals surface area contributed by atoms with Gasteiger partial charge in [-0.15, -0.1) is 0 Å². The summed E-state index contributed by atoms with van der Waals surface area (Å²) in [4.78, 5) is 22.2. The van der Waals surface area contributed by atoms with Crippen molar-refractivity contribution < 1.29 is 19.4 Å². The molecule has 1 fully saturated rings. The maximum Gasteiger partial charge on any atom is 0.326 e. The number of nitrogens with one attached hydrogen (secondary N) is 2. The molecule has 18 heavy (non-hydrogen) atoms. The molecule has 0 saturated carbocycles. The number of carbonyl (C=O) groups excluding carboxylic acids is 1. The van der Waals surface area contributed by atoms with E-state index < -0.39 is 18.0 Å². The molecule has 3 N–H and O–H groups in total. The average Bonchev–Trinajstić information content (AvgIpc) is 2.37. The van der Waals surface area contributed by atoms with Crippen LogP contribution in [0.15, 0.2) is 0 Å². The Morgan fingerprint density at radius 1 is 1.44 bits per heavy atom. The molecule has 0 aromatic rings. The lowest BCUT2D eigenvalue weighted by Gasteiger charge is -2.22. The fourth-order valence-electron chi connectivity index (χ4n) is 1.93. The Kier molecular flexibility index (Phi) is 6.49. The van der Waals surface area contributed by atoms with Gasteiger partial charge >= 0.3 is 12.0 Å². The van der Waals surface area contributed by atoms with Gasteiger partial charge in [-0.1, -0.05) is 6.92 Å². The zero-order valence-electron chi connectivity index (χ0n) is 10.8. The van der Waals surface area contributed by atoms with E-state index in [2.05, 4.69) is 10.6 Å². The summed E-state index contributed by atoms with van der Waals surface area (Å²) in [5.74, 6) is -1.01. The second kappa shape index (κ2) is 7.92. The van der Waals surface area contributed by atoms with E-state index in [1.807, 2.05) is 0 Å². The molecule has 0 spiro atoms. The minimum atomic E-state index is -1.01. The van der Waals surface area contributed by atoms with Crippen LogP contribution in [0, 0.1) is 0 Å². The number of carboxylic acids is 1. The summed E-state index contributed by atoms with van der Waals surface area (Å²) in [6, 6.07) is -1.25. The average molecular weight is 258 g/mol. The Hall–Kier alpha value is -1.30. The fraction of sp³-hybridized carbons (Fsp3) is 0.833. The van der Waals surface area contributed by atoms with E-state index in [9.17, 15) is 9.59 Å². The molecule has 0 radical (unpaired) electrons. The van der Waals surface area contributed by atoms with E-state index >= 15 is 0 Å². The number of hydrogen-bond acceptors (Lipinski definition) is 3. The van der Waals surface area contributed by atoms with Crippen LogP contribution in [0.3, 0.4) is 0 Å². The van der Waals surface area contributed by atoms with Gasteiger partial charge in [-0.25, -0.2) is 9.59 Å². The van der Waals surface area contributed by atoms with Gasteiger partial charge in [-0.2, -0.15) is 0 Å². The van der Waals surface area contributed by atoms with Crippen LogP contribution >= 0.6 is 0 Å². The van der Waals surface area contributed by atoms with E-state index in [0.29, 0.717) is 13.0 Å². The highest BCUT2D eigenvalue weighted by molar-refractivity contribution is 5.82. The number of urea groups is 1. The fourth-order valence-corrected chi connectivity index (χ4v) is 1.93. The molecule has 6 nitrogen and oxygen atoms in total. The first-order valence-corrected chi connectivity index (χ1v) is 6.52. The molecule has 1 saturated heterocycles. The van der Waals surface area contributed by atoms with Gasteiger partial charge in [0.25, 0.3) is 0 Å². The molecule has 1 aliphatic heterocycles. The third kappa shape index (κ3) is 5.35. The molecule has 0 aromatic carbocycles. The second-order valence-corrected chi connectivity index (χ2v) is 4.48. The lowest BCUT2D eigenvalue weighted by atomic mass is 10.1. The number of rotatable bonds is 6. The van der Waals surface area contributed by atoms with E-state index in [-0.39, 0.29) is 6.10 Å². The smallest absolute Gasteiger partial charge is 0.326 e. The standard InChI is InChI=1S/C12H22N2O4/c1-2-10(11(15)16)14-12(17)13-7-6-9-5-3-4-8-18-9/h9-10H,2-8H2,1H3,(H,15,16)(H2,13,14,17). The monoisotopic (exact) mass is 258 g/mol. The minimum Gasteiger partial charge on any atom is -0.480 e. The predicted molar refractivity (Wildman–Crippen MR) is 66.5 cm³/mol. The zero-order valence-corrected chi connectivity index (χ0v) is 10.8. The number of aliphatic carboxylic acids is 1. The van der Waals surface area contributed by atoms with Crippen LogP contribution in [0.5, 0.6) is 0 Å². The highest BCUT2D eigenvalue weighted by Gasteiger charge is 2.18. The third-order valence-corrected chi connectivity index (χ3v) is 3.04. The summed E-state index contributed by atoms with van der Waals surface area (Å²) in [7, 11) is 0. The van der Waals surface area contributed by atoms with Gasteiger partial charge in [-0.05, 0) is 32.1 Å². The highest BCUT2D eigenvalue weighted by atomic mass is 16.5. The van der Waals surface area contributed by atoms with Crippen LogP contribution in [0.2, 0.25) is 0 Å². The van der Waals surface area contributed by atoms with Gasteiger partial charge in [0.2, 0.25) is 0 Å². The third-order valence-electron chi connectivity index (χ3n) is 3.04. The van der Waals surface area contributed by atoms with E-state index in [0.717, 1.165) is 25.9 Å². The van der Waals surface area contributed by atoms with Gasteiger partial charge in [-0.3, -0.25) is 0 Å². The summed E-state index contributed by atoms with van der Waals surface area (Å²) in [5, 5.41) is 13.9. The number of ether oxygens (including phenoxy) is 1. The molecular formula is C12H22N2O4.